The van der Waals surface area contributed by atoms with E-state index in [1.54, 1.807) is 0 Å². The molecule has 1 amide bonds. The summed E-state index contributed by atoms with van der Waals surface area (Å²) in [7, 11) is 0. The van der Waals surface area contributed by atoms with Gasteiger partial charge in [0.15, 0.2) is 5.78 Å². The van der Waals surface area contributed by atoms with Gasteiger partial charge in [0.2, 0.25) is 5.91 Å². The highest BCUT2D eigenvalue weighted by molar-refractivity contribution is 6.03. The Bertz CT molecular complexity index is 599. The van der Waals surface area contributed by atoms with E-state index in [0.717, 1.165) is 6.42 Å². The fraction of sp³-hybridized carbons (Fsp3) is 0.500. The van der Waals surface area contributed by atoms with Crippen molar-refractivity contribution in [2.24, 2.45) is 5.92 Å². The zero-order valence-corrected chi connectivity index (χ0v) is 11.9. The van der Waals surface area contributed by atoms with Crippen molar-refractivity contribution < 1.29 is 18.7 Å². The Labute approximate surface area is 122 Å². The number of Topliss-reactive ketones (excluding diaryl/α,β-unsaturated/α-hetero) is 1. The minimum atomic E-state index is -0.342. The van der Waals surface area contributed by atoms with E-state index >= 15 is 0 Å². The van der Waals surface area contributed by atoms with Crippen molar-refractivity contribution in [1.82, 2.24) is 5.32 Å². The van der Waals surface area contributed by atoms with Gasteiger partial charge < -0.3 is 10.1 Å². The number of benzene rings is 1. The third-order valence-electron chi connectivity index (χ3n) is 4.30. The van der Waals surface area contributed by atoms with Gasteiger partial charge in [-0.2, -0.15) is 0 Å². The van der Waals surface area contributed by atoms with Gasteiger partial charge in [0.25, 0.3) is 0 Å². The molecule has 2 aliphatic rings. The maximum Gasteiger partial charge on any atom is 0.223 e. The van der Waals surface area contributed by atoms with Crippen LogP contribution in [0.1, 0.15) is 48.0 Å². The average Bonchev–Trinajstić information content (AvgIpc) is 2.97. The number of hydrogen-bond acceptors (Lipinski definition) is 3. The van der Waals surface area contributed by atoms with Crippen LogP contribution >= 0.6 is 0 Å². The molecule has 3 rings (SSSR count). The highest BCUT2D eigenvalue weighted by atomic mass is 19.1. The average molecular weight is 291 g/mol. The van der Waals surface area contributed by atoms with E-state index in [1.165, 1.54) is 12.1 Å². The fourth-order valence-electron chi connectivity index (χ4n) is 3.18. The zero-order chi connectivity index (χ0) is 15.0. The molecule has 5 heteroatoms. The fourth-order valence-corrected chi connectivity index (χ4v) is 3.18. The number of fused-ring (bicyclic) bond motifs is 1. The van der Waals surface area contributed by atoms with Crippen molar-refractivity contribution in [3.8, 4) is 5.75 Å². The lowest BCUT2D eigenvalue weighted by molar-refractivity contribution is -0.122. The van der Waals surface area contributed by atoms with E-state index in [1.807, 2.05) is 6.92 Å². The number of nitrogens with one attached hydrogen (secondary N) is 1. The second-order valence-electron chi connectivity index (χ2n) is 5.78. The Kier molecular flexibility index (Phi) is 3.66. The topological polar surface area (TPSA) is 55.4 Å². The molecule has 1 aromatic carbocycles. The predicted octanol–water partition coefficient (Wildman–Crippen LogP) is 2.42. The molecular weight excluding hydrogens is 273 g/mol. The number of carbonyl (C=O) groups is 2. The minimum Gasteiger partial charge on any atom is -0.493 e. The zero-order valence-electron chi connectivity index (χ0n) is 11.9. The second kappa shape index (κ2) is 5.47. The van der Waals surface area contributed by atoms with Crippen molar-refractivity contribution in [2.45, 2.75) is 32.1 Å². The van der Waals surface area contributed by atoms with Gasteiger partial charge in [-0.25, -0.2) is 4.39 Å². The van der Waals surface area contributed by atoms with Gasteiger partial charge in [0, 0.05) is 24.4 Å². The van der Waals surface area contributed by atoms with Gasteiger partial charge >= 0.3 is 0 Å². The monoisotopic (exact) mass is 291 g/mol. The number of carbonyl (C=O) groups excluding carboxylic acids is 2. The van der Waals surface area contributed by atoms with Crippen LogP contribution in [-0.4, -0.2) is 24.8 Å². The number of halogens is 1. The first-order chi connectivity index (χ1) is 10.1. The van der Waals surface area contributed by atoms with E-state index in [-0.39, 0.29) is 29.3 Å². The minimum absolute atomic E-state index is 0.0203. The Balaban J connectivity index is 1.72. The molecule has 112 valence electrons. The van der Waals surface area contributed by atoms with Crippen LogP contribution < -0.4 is 10.1 Å². The van der Waals surface area contributed by atoms with Crippen molar-refractivity contribution in [3.63, 3.8) is 0 Å². The maximum absolute atomic E-state index is 13.9. The van der Waals surface area contributed by atoms with Crippen molar-refractivity contribution in [1.29, 1.82) is 0 Å². The van der Waals surface area contributed by atoms with Crippen molar-refractivity contribution in [3.05, 3.63) is 29.1 Å². The molecule has 0 aromatic heterocycles. The Morgan fingerprint density at radius 1 is 1.38 bits per heavy atom. The standard InChI is InChI=1S/C16H18FNO3/c1-9-8-12(19)15-13(3-2-11(17)14(9)15)21-7-5-10-4-6-18-16(10)20/h2-3,9-10H,4-8H2,1H3,(H,18,20). The molecule has 2 unspecified atom stereocenters. The summed E-state index contributed by atoms with van der Waals surface area (Å²) in [5.74, 6) is -0.0203. The van der Waals surface area contributed by atoms with Crippen LogP contribution in [0.25, 0.3) is 0 Å². The van der Waals surface area contributed by atoms with Gasteiger partial charge in [0.1, 0.15) is 11.6 Å². The van der Waals surface area contributed by atoms with Gasteiger partial charge in [0.05, 0.1) is 12.2 Å². The first-order valence-electron chi connectivity index (χ1n) is 7.34. The Hall–Kier alpha value is -1.91. The summed E-state index contributed by atoms with van der Waals surface area (Å²) in [6.07, 6.45) is 1.76. The van der Waals surface area contributed by atoms with E-state index in [2.05, 4.69) is 5.32 Å². The Morgan fingerprint density at radius 3 is 2.90 bits per heavy atom. The maximum atomic E-state index is 13.9. The largest absolute Gasteiger partial charge is 0.493 e. The summed E-state index contributed by atoms with van der Waals surface area (Å²) >= 11 is 0. The highest BCUT2D eigenvalue weighted by Crippen LogP contribution is 2.39. The molecule has 0 bridgehead atoms. The molecular formula is C16H18FNO3. The first-order valence-corrected chi connectivity index (χ1v) is 7.34. The molecule has 1 saturated heterocycles. The van der Waals surface area contributed by atoms with E-state index in [4.69, 9.17) is 4.74 Å². The number of ketones is 1. The molecule has 1 N–H and O–H groups in total. The molecule has 4 nitrogen and oxygen atoms in total. The summed E-state index contributed by atoms with van der Waals surface area (Å²) in [5, 5.41) is 2.78. The van der Waals surface area contributed by atoms with Gasteiger partial charge in [-0.05, 0) is 30.9 Å². The van der Waals surface area contributed by atoms with Gasteiger partial charge in [-0.15, -0.1) is 0 Å². The lowest BCUT2D eigenvalue weighted by Crippen LogP contribution is -2.20. The molecule has 1 heterocycles. The van der Waals surface area contributed by atoms with Crippen LogP contribution in [0.4, 0.5) is 4.39 Å². The molecule has 1 aliphatic heterocycles. The summed E-state index contributed by atoms with van der Waals surface area (Å²) in [6, 6.07) is 2.87. The number of hydrogen-bond donors (Lipinski definition) is 1. The summed E-state index contributed by atoms with van der Waals surface area (Å²) in [5.41, 5.74) is 0.856. The van der Waals surface area contributed by atoms with Crippen LogP contribution in [0.15, 0.2) is 12.1 Å². The van der Waals surface area contributed by atoms with Crippen LogP contribution in [-0.2, 0) is 4.79 Å². The summed E-state index contributed by atoms with van der Waals surface area (Å²) < 4.78 is 19.5. The lowest BCUT2D eigenvalue weighted by Gasteiger charge is -2.13. The van der Waals surface area contributed by atoms with E-state index < -0.39 is 0 Å². The molecule has 1 aliphatic carbocycles. The van der Waals surface area contributed by atoms with Crippen LogP contribution in [0, 0.1) is 11.7 Å². The molecule has 0 saturated carbocycles. The molecule has 21 heavy (non-hydrogen) atoms. The quantitative estimate of drug-likeness (QED) is 0.927. The normalized spacial score (nSPS) is 24.1. The first kappa shape index (κ1) is 14.0. The smallest absolute Gasteiger partial charge is 0.223 e. The highest BCUT2D eigenvalue weighted by Gasteiger charge is 2.32. The van der Waals surface area contributed by atoms with E-state index in [0.29, 0.717) is 42.9 Å². The summed E-state index contributed by atoms with van der Waals surface area (Å²) in [6.45, 7) is 2.92. The molecule has 0 radical (unpaired) electrons. The molecule has 1 fully saturated rings. The van der Waals surface area contributed by atoms with Crippen LogP contribution in [0.5, 0.6) is 5.75 Å². The van der Waals surface area contributed by atoms with Crippen molar-refractivity contribution >= 4 is 11.7 Å². The molecule has 2 atom stereocenters. The lowest BCUT2D eigenvalue weighted by atomic mass is 10.0. The summed E-state index contributed by atoms with van der Waals surface area (Å²) in [4.78, 5) is 23.5. The van der Waals surface area contributed by atoms with Gasteiger partial charge in [-0.1, -0.05) is 6.92 Å². The van der Waals surface area contributed by atoms with Crippen LogP contribution in [0.2, 0.25) is 0 Å². The SMILES string of the molecule is CC1CC(=O)c2c(OCCC3CCNC3=O)ccc(F)c21. The number of amides is 1. The van der Waals surface area contributed by atoms with E-state index in [9.17, 15) is 14.0 Å². The number of ether oxygens (including phenoxy) is 1. The predicted molar refractivity (Wildman–Crippen MR) is 75.0 cm³/mol. The second-order valence-corrected chi connectivity index (χ2v) is 5.78. The number of rotatable bonds is 4. The Morgan fingerprint density at radius 2 is 2.19 bits per heavy atom. The molecule has 0 spiro atoms. The van der Waals surface area contributed by atoms with Crippen molar-refractivity contribution in [2.75, 3.05) is 13.2 Å². The molecule has 1 aromatic rings. The van der Waals surface area contributed by atoms with Crippen LogP contribution in [0.3, 0.4) is 0 Å². The third-order valence-corrected chi connectivity index (χ3v) is 4.30. The third kappa shape index (κ3) is 2.52. The van der Waals surface area contributed by atoms with Gasteiger partial charge in [-0.3, -0.25) is 9.59 Å².